The third-order valence-electron chi connectivity index (χ3n) is 2.98. The molecule has 1 aromatic carbocycles. The van der Waals surface area contributed by atoms with Gasteiger partial charge in [0.05, 0.1) is 0 Å². The molecular weight excluding hydrogens is 240 g/mol. The maximum atomic E-state index is 4.36. The molecule has 1 N–H and O–H groups in total. The van der Waals surface area contributed by atoms with Gasteiger partial charge in [-0.1, -0.05) is 30.3 Å². The summed E-state index contributed by atoms with van der Waals surface area (Å²) >= 11 is 1.77. The molecule has 0 saturated heterocycles. The van der Waals surface area contributed by atoms with E-state index in [2.05, 4.69) is 54.5 Å². The molecule has 0 saturated carbocycles. The monoisotopic (exact) mass is 260 g/mol. The average Bonchev–Trinajstić information content (AvgIpc) is 2.81. The quantitative estimate of drug-likeness (QED) is 0.859. The number of nitrogens with one attached hydrogen (secondary N) is 1. The summed E-state index contributed by atoms with van der Waals surface area (Å²) in [7, 11) is 0. The normalized spacial score (nSPS) is 12.6. The van der Waals surface area contributed by atoms with Crippen LogP contribution in [-0.2, 0) is 13.0 Å². The van der Waals surface area contributed by atoms with Crippen molar-refractivity contribution in [2.75, 3.05) is 0 Å². The van der Waals surface area contributed by atoms with Crippen molar-refractivity contribution in [3.05, 3.63) is 52.0 Å². The number of benzene rings is 1. The smallest absolute Gasteiger partial charge is 0.107 e. The van der Waals surface area contributed by atoms with Crippen LogP contribution in [0.1, 0.15) is 28.8 Å². The Morgan fingerprint density at radius 3 is 2.72 bits per heavy atom. The van der Waals surface area contributed by atoms with Gasteiger partial charge in [0, 0.05) is 23.7 Å². The Morgan fingerprint density at radius 2 is 2.06 bits per heavy atom. The number of rotatable bonds is 6. The highest BCUT2D eigenvalue weighted by Gasteiger charge is 2.04. The highest BCUT2D eigenvalue weighted by atomic mass is 32.1. The molecule has 1 aromatic heterocycles. The van der Waals surface area contributed by atoms with Crippen LogP contribution in [0, 0.1) is 6.92 Å². The van der Waals surface area contributed by atoms with Gasteiger partial charge in [-0.2, -0.15) is 0 Å². The molecule has 96 valence electrons. The van der Waals surface area contributed by atoms with Gasteiger partial charge in [0.1, 0.15) is 5.01 Å². The molecule has 1 atom stereocenters. The summed E-state index contributed by atoms with van der Waals surface area (Å²) in [6.45, 7) is 5.22. The Morgan fingerprint density at radius 1 is 1.28 bits per heavy atom. The zero-order valence-corrected chi connectivity index (χ0v) is 11.8. The molecule has 1 unspecified atom stereocenters. The average molecular weight is 260 g/mol. The van der Waals surface area contributed by atoms with Crippen molar-refractivity contribution in [1.82, 2.24) is 10.3 Å². The first kappa shape index (κ1) is 13.2. The molecule has 0 bridgehead atoms. The van der Waals surface area contributed by atoms with Crippen molar-refractivity contribution in [2.45, 2.75) is 39.3 Å². The zero-order valence-electron chi connectivity index (χ0n) is 11.0. The first-order valence-electron chi connectivity index (χ1n) is 6.42. The Hall–Kier alpha value is -1.19. The molecule has 2 rings (SSSR count). The van der Waals surface area contributed by atoms with Crippen molar-refractivity contribution in [3.63, 3.8) is 0 Å². The van der Waals surface area contributed by atoms with Gasteiger partial charge in [0.15, 0.2) is 0 Å². The number of aryl methyl sites for hydroxylation is 2. The zero-order chi connectivity index (χ0) is 12.8. The van der Waals surface area contributed by atoms with Gasteiger partial charge in [0.2, 0.25) is 0 Å². The Labute approximate surface area is 113 Å². The topological polar surface area (TPSA) is 24.9 Å². The van der Waals surface area contributed by atoms with E-state index in [9.17, 15) is 0 Å². The molecule has 0 aliphatic carbocycles. The lowest BCUT2D eigenvalue weighted by Crippen LogP contribution is -2.25. The predicted molar refractivity (Wildman–Crippen MR) is 77.9 cm³/mol. The maximum absolute atomic E-state index is 4.36. The van der Waals surface area contributed by atoms with Gasteiger partial charge in [-0.15, -0.1) is 11.3 Å². The third kappa shape index (κ3) is 4.24. The lowest BCUT2D eigenvalue weighted by Gasteiger charge is -2.12. The van der Waals surface area contributed by atoms with Gasteiger partial charge in [-0.25, -0.2) is 4.98 Å². The van der Waals surface area contributed by atoms with E-state index in [-0.39, 0.29) is 0 Å². The number of aromatic nitrogens is 1. The van der Waals surface area contributed by atoms with E-state index in [1.807, 2.05) is 6.20 Å². The Bertz CT molecular complexity index is 464. The van der Waals surface area contributed by atoms with Gasteiger partial charge in [-0.05, 0) is 32.3 Å². The van der Waals surface area contributed by atoms with Crippen molar-refractivity contribution >= 4 is 11.3 Å². The largest absolute Gasteiger partial charge is 0.308 e. The van der Waals surface area contributed by atoms with E-state index in [4.69, 9.17) is 0 Å². The van der Waals surface area contributed by atoms with Crippen molar-refractivity contribution < 1.29 is 0 Å². The lowest BCUT2D eigenvalue weighted by molar-refractivity contribution is 0.513. The second-order valence-electron chi connectivity index (χ2n) is 4.67. The van der Waals surface area contributed by atoms with E-state index < -0.39 is 0 Å². The number of hydrogen-bond donors (Lipinski definition) is 1. The minimum atomic E-state index is 0.523. The van der Waals surface area contributed by atoms with Crippen molar-refractivity contribution in [2.24, 2.45) is 0 Å². The van der Waals surface area contributed by atoms with Crippen LogP contribution in [0.4, 0.5) is 0 Å². The second kappa shape index (κ2) is 6.66. The minimum Gasteiger partial charge on any atom is -0.308 e. The van der Waals surface area contributed by atoms with Crippen LogP contribution in [0.2, 0.25) is 0 Å². The summed E-state index contributed by atoms with van der Waals surface area (Å²) in [5, 5.41) is 4.71. The molecule has 2 aromatic rings. The molecule has 0 amide bonds. The molecule has 2 nitrogen and oxygen atoms in total. The van der Waals surface area contributed by atoms with Crippen molar-refractivity contribution in [1.29, 1.82) is 0 Å². The first-order chi connectivity index (χ1) is 8.74. The van der Waals surface area contributed by atoms with Crippen LogP contribution >= 0.6 is 11.3 Å². The standard InChI is InChI=1S/C15H20N2S/c1-12(8-9-14-6-4-3-5-7-14)16-11-15-17-10-13(2)18-15/h3-7,10,12,16H,8-9,11H2,1-2H3. The van der Waals surface area contributed by atoms with Crippen LogP contribution in [0.5, 0.6) is 0 Å². The Balaban J connectivity index is 1.71. The molecule has 0 aliphatic rings. The van der Waals surface area contributed by atoms with E-state index in [0.29, 0.717) is 6.04 Å². The fourth-order valence-corrected chi connectivity index (χ4v) is 2.61. The fourth-order valence-electron chi connectivity index (χ4n) is 1.87. The third-order valence-corrected chi connectivity index (χ3v) is 3.89. The summed E-state index contributed by atoms with van der Waals surface area (Å²) in [6, 6.07) is 11.2. The molecule has 0 spiro atoms. The van der Waals surface area contributed by atoms with Crippen LogP contribution in [0.25, 0.3) is 0 Å². The van der Waals surface area contributed by atoms with E-state index in [0.717, 1.165) is 19.4 Å². The van der Waals surface area contributed by atoms with Crippen LogP contribution in [-0.4, -0.2) is 11.0 Å². The summed E-state index contributed by atoms with van der Waals surface area (Å²) in [5.41, 5.74) is 1.41. The maximum Gasteiger partial charge on any atom is 0.107 e. The first-order valence-corrected chi connectivity index (χ1v) is 7.24. The highest BCUT2D eigenvalue weighted by Crippen LogP contribution is 2.11. The van der Waals surface area contributed by atoms with Gasteiger partial charge in [-0.3, -0.25) is 0 Å². The minimum absolute atomic E-state index is 0.523. The molecular formula is C15H20N2S. The number of nitrogens with zero attached hydrogens (tertiary/aromatic N) is 1. The summed E-state index contributed by atoms with van der Waals surface area (Å²) in [4.78, 5) is 5.64. The molecule has 0 radical (unpaired) electrons. The lowest BCUT2D eigenvalue weighted by atomic mass is 10.1. The van der Waals surface area contributed by atoms with Crippen LogP contribution in [0.3, 0.4) is 0 Å². The number of hydrogen-bond acceptors (Lipinski definition) is 3. The second-order valence-corrected chi connectivity index (χ2v) is 5.99. The Kier molecular flexibility index (Phi) is 4.90. The van der Waals surface area contributed by atoms with Gasteiger partial charge >= 0.3 is 0 Å². The van der Waals surface area contributed by atoms with Gasteiger partial charge in [0.25, 0.3) is 0 Å². The molecule has 0 aliphatic heterocycles. The summed E-state index contributed by atoms with van der Waals surface area (Å²) in [6.07, 6.45) is 4.23. The molecule has 3 heteroatoms. The van der Waals surface area contributed by atoms with Crippen molar-refractivity contribution in [3.8, 4) is 0 Å². The predicted octanol–water partition coefficient (Wildman–Crippen LogP) is 3.56. The summed E-state index contributed by atoms with van der Waals surface area (Å²) < 4.78 is 0. The van der Waals surface area contributed by atoms with E-state index >= 15 is 0 Å². The van der Waals surface area contributed by atoms with Crippen LogP contribution in [0.15, 0.2) is 36.5 Å². The van der Waals surface area contributed by atoms with Gasteiger partial charge < -0.3 is 5.32 Å². The fraction of sp³-hybridized carbons (Fsp3) is 0.400. The summed E-state index contributed by atoms with van der Waals surface area (Å²) in [5.74, 6) is 0. The van der Waals surface area contributed by atoms with E-state index in [1.165, 1.54) is 15.4 Å². The molecule has 18 heavy (non-hydrogen) atoms. The number of thiazole rings is 1. The van der Waals surface area contributed by atoms with E-state index in [1.54, 1.807) is 11.3 Å². The highest BCUT2D eigenvalue weighted by molar-refractivity contribution is 7.11. The van der Waals surface area contributed by atoms with Crippen LogP contribution < -0.4 is 5.32 Å². The SMILES string of the molecule is Cc1cnc(CNC(C)CCc2ccccc2)s1. The molecule has 0 fully saturated rings. The molecule has 1 heterocycles.